The maximum absolute atomic E-state index is 5.39. The van der Waals surface area contributed by atoms with Gasteiger partial charge in [-0.25, -0.2) is 4.98 Å². The summed E-state index contributed by atoms with van der Waals surface area (Å²) in [5, 5.41) is 1.19. The van der Waals surface area contributed by atoms with Crippen molar-refractivity contribution in [2.75, 3.05) is 9.80 Å². The molecule has 0 aliphatic heterocycles. The lowest BCUT2D eigenvalue weighted by Crippen LogP contribution is -2.26. The van der Waals surface area contributed by atoms with Gasteiger partial charge in [-0.3, -0.25) is 0 Å². The van der Waals surface area contributed by atoms with Gasteiger partial charge in [0, 0.05) is 61.8 Å². The van der Waals surface area contributed by atoms with E-state index in [0.717, 1.165) is 67.8 Å². The molecule has 72 heavy (non-hydrogen) atoms. The number of para-hydroxylation sites is 4. The van der Waals surface area contributed by atoms with Crippen LogP contribution in [0.5, 0.6) is 0 Å². The molecule has 10 aromatic carbocycles. The topological polar surface area (TPSA) is 24.3 Å². The minimum absolute atomic E-state index is 0.698. The van der Waals surface area contributed by atoms with Crippen LogP contribution in [0.4, 0.5) is 34.1 Å². The number of anilines is 6. The molecule has 0 saturated carbocycles. The molecular weight excluding hydrogens is 873 g/mol. The third-order valence-corrected chi connectivity index (χ3v) is 14.7. The number of benzene rings is 10. The van der Waals surface area contributed by atoms with Gasteiger partial charge in [-0.15, -0.1) is 0 Å². The minimum Gasteiger partial charge on any atom is -0.310 e. The lowest BCUT2D eigenvalue weighted by molar-refractivity contribution is 0.801. The van der Waals surface area contributed by atoms with Crippen LogP contribution in [0.1, 0.15) is 22.3 Å². The summed E-state index contributed by atoms with van der Waals surface area (Å²) in [6.45, 7) is 0. The molecule has 1 unspecified atom stereocenters. The number of aromatic nitrogens is 2. The summed E-state index contributed by atoms with van der Waals surface area (Å²) in [6, 6.07) is 101. The Hall–Kier alpha value is -9.51. The Morgan fingerprint density at radius 3 is 1.24 bits per heavy atom. The van der Waals surface area contributed by atoms with Gasteiger partial charge in [-0.1, -0.05) is 188 Å². The van der Waals surface area contributed by atoms with Crippen molar-refractivity contribution >= 4 is 45.0 Å². The fraction of sp³-hybridized carbons (Fsp3) is 0.0147. The third-order valence-electron chi connectivity index (χ3n) is 14.7. The normalized spacial score (nSPS) is 13.9. The van der Waals surface area contributed by atoms with Crippen LogP contribution in [0.3, 0.4) is 0 Å². The van der Waals surface area contributed by atoms with Gasteiger partial charge in [-0.2, -0.15) is 0 Å². The zero-order valence-corrected chi connectivity index (χ0v) is 39.3. The van der Waals surface area contributed by atoms with Gasteiger partial charge in [0.05, 0.1) is 33.7 Å². The Balaban J connectivity index is 1.12. The molecule has 0 radical (unpaired) electrons. The van der Waals surface area contributed by atoms with Gasteiger partial charge in [0.1, 0.15) is 0 Å². The van der Waals surface area contributed by atoms with Crippen molar-refractivity contribution in [2.45, 2.75) is 5.41 Å². The maximum atomic E-state index is 5.39. The Bertz CT molecular complexity index is 3830. The van der Waals surface area contributed by atoms with Crippen LogP contribution >= 0.6 is 0 Å². The third kappa shape index (κ3) is 6.43. The largest absolute Gasteiger partial charge is 0.310 e. The zero-order valence-electron chi connectivity index (χ0n) is 39.3. The van der Waals surface area contributed by atoms with Crippen LogP contribution in [0.2, 0.25) is 0 Å². The van der Waals surface area contributed by atoms with Crippen molar-refractivity contribution in [1.29, 1.82) is 0 Å². The Kier molecular flexibility index (Phi) is 9.71. The first kappa shape index (κ1) is 41.5. The molecule has 338 valence electrons. The van der Waals surface area contributed by atoms with E-state index in [1.165, 1.54) is 50.0 Å². The molecule has 0 amide bonds. The highest BCUT2D eigenvalue weighted by molar-refractivity contribution is 6.07. The second-order valence-electron chi connectivity index (χ2n) is 18.7. The van der Waals surface area contributed by atoms with Gasteiger partial charge >= 0.3 is 0 Å². The van der Waals surface area contributed by atoms with Gasteiger partial charge < -0.3 is 14.4 Å². The summed E-state index contributed by atoms with van der Waals surface area (Å²) in [6.07, 6.45) is 0. The highest BCUT2D eigenvalue weighted by Gasteiger charge is 2.54. The van der Waals surface area contributed by atoms with Gasteiger partial charge in [0.15, 0.2) is 0 Å². The van der Waals surface area contributed by atoms with E-state index < -0.39 is 5.41 Å². The van der Waals surface area contributed by atoms with E-state index >= 15 is 0 Å². The van der Waals surface area contributed by atoms with Crippen molar-refractivity contribution in [3.8, 4) is 50.6 Å². The summed E-state index contributed by atoms with van der Waals surface area (Å²) < 4.78 is 2.54. The number of rotatable bonds is 9. The van der Waals surface area contributed by atoms with E-state index in [2.05, 4.69) is 293 Å². The quantitative estimate of drug-likeness (QED) is 0.144. The minimum atomic E-state index is -0.698. The smallest absolute Gasteiger partial charge is 0.0748 e. The lowest BCUT2D eigenvalue weighted by Gasteiger charge is -2.32. The number of hydrogen-bond acceptors (Lipinski definition) is 3. The number of hydrogen-bond donors (Lipinski definition) is 0. The predicted molar refractivity (Wildman–Crippen MR) is 298 cm³/mol. The molecule has 12 aromatic rings. The van der Waals surface area contributed by atoms with E-state index in [1.807, 2.05) is 0 Å². The van der Waals surface area contributed by atoms with Crippen molar-refractivity contribution in [3.05, 3.63) is 301 Å². The number of fused-ring (bicyclic) bond motifs is 12. The zero-order chi connectivity index (χ0) is 47.6. The van der Waals surface area contributed by atoms with E-state index in [1.54, 1.807) is 0 Å². The second kappa shape index (κ2) is 16.9. The monoisotopic (exact) mass is 918 g/mol. The van der Waals surface area contributed by atoms with Crippen LogP contribution in [0.25, 0.3) is 61.5 Å². The molecule has 2 aliphatic carbocycles. The first-order chi connectivity index (χ1) is 35.7. The van der Waals surface area contributed by atoms with Crippen LogP contribution in [0, 0.1) is 0 Å². The Labute approximate surface area is 419 Å². The molecule has 1 spiro atoms. The molecule has 4 nitrogen and oxygen atoms in total. The van der Waals surface area contributed by atoms with Gasteiger partial charge in [0.25, 0.3) is 0 Å². The molecular formula is C68H46N4. The summed E-state index contributed by atoms with van der Waals surface area (Å²) in [4.78, 5) is 10.2. The van der Waals surface area contributed by atoms with Gasteiger partial charge in [0.2, 0.25) is 0 Å². The fourth-order valence-corrected chi connectivity index (χ4v) is 11.8. The standard InChI is InChI=1S/C68H46N4/c1-7-23-47(24-8-1)63-45-55(46-64(69-63)48-25-9-2-10-26-48)72-65-42-40-53(70(49-27-11-3-12-28-49)50-29-13-4-14-30-50)43-59(65)66-67(72)58-36-20-22-38-61(58)68(66)60-37-21-19-35-56(60)57-41-39-54(44-62(57)68)71(51-31-15-5-16-32-51)52-33-17-6-18-34-52/h1-46H. The van der Waals surface area contributed by atoms with Crippen LogP contribution in [-0.4, -0.2) is 9.55 Å². The summed E-state index contributed by atoms with van der Waals surface area (Å²) in [7, 11) is 0. The highest BCUT2D eigenvalue weighted by Crippen LogP contribution is 2.66. The van der Waals surface area contributed by atoms with Crippen molar-refractivity contribution in [3.63, 3.8) is 0 Å². The molecule has 2 heterocycles. The molecule has 14 rings (SSSR count). The molecule has 0 bridgehead atoms. The first-order valence-corrected chi connectivity index (χ1v) is 24.7. The molecule has 1 atom stereocenters. The average Bonchev–Trinajstić information content (AvgIpc) is 4.08. The fourth-order valence-electron chi connectivity index (χ4n) is 11.8. The van der Waals surface area contributed by atoms with E-state index in [9.17, 15) is 0 Å². The van der Waals surface area contributed by atoms with E-state index in [-0.39, 0.29) is 0 Å². The first-order valence-electron chi connectivity index (χ1n) is 24.7. The summed E-state index contributed by atoms with van der Waals surface area (Å²) in [5.74, 6) is 0. The van der Waals surface area contributed by atoms with E-state index in [0.29, 0.717) is 0 Å². The molecule has 0 N–H and O–H groups in total. The number of pyridine rings is 1. The Morgan fingerprint density at radius 2 is 0.722 bits per heavy atom. The number of nitrogens with zero attached hydrogens (tertiary/aromatic N) is 4. The Morgan fingerprint density at radius 1 is 0.319 bits per heavy atom. The molecule has 4 heteroatoms. The van der Waals surface area contributed by atoms with Crippen LogP contribution in [0.15, 0.2) is 279 Å². The second-order valence-corrected chi connectivity index (χ2v) is 18.7. The van der Waals surface area contributed by atoms with Crippen molar-refractivity contribution < 1.29 is 0 Å². The van der Waals surface area contributed by atoms with E-state index in [4.69, 9.17) is 4.98 Å². The molecule has 0 fully saturated rings. The predicted octanol–water partition coefficient (Wildman–Crippen LogP) is 17.6. The SMILES string of the molecule is c1ccc(-c2cc(-n3c4c(c5cc(N(c6ccccc6)c6ccccc6)ccc53)C3(c5ccccc5-c5ccc(N(c6ccccc6)c6ccccc6)cc53)c3ccccc3-4)cc(-c3ccccc3)n2)cc1. The average molecular weight is 919 g/mol. The molecule has 2 aromatic heterocycles. The maximum Gasteiger partial charge on any atom is 0.0748 e. The van der Waals surface area contributed by atoms with Crippen LogP contribution < -0.4 is 9.80 Å². The van der Waals surface area contributed by atoms with Crippen molar-refractivity contribution in [1.82, 2.24) is 9.55 Å². The van der Waals surface area contributed by atoms with Gasteiger partial charge in [-0.05, 0) is 119 Å². The van der Waals surface area contributed by atoms with Crippen molar-refractivity contribution in [2.24, 2.45) is 0 Å². The highest BCUT2D eigenvalue weighted by atomic mass is 15.1. The van der Waals surface area contributed by atoms with Crippen LogP contribution in [-0.2, 0) is 5.41 Å². The summed E-state index contributed by atoms with van der Waals surface area (Å²) in [5.41, 5.74) is 22.0. The molecule has 2 aliphatic rings. The molecule has 0 saturated heterocycles. The lowest BCUT2D eigenvalue weighted by atomic mass is 9.70. The summed E-state index contributed by atoms with van der Waals surface area (Å²) >= 11 is 0.